The number of nitrogens with one attached hydrogen (secondary N) is 1. The highest BCUT2D eigenvalue weighted by atomic mass is 32.2. The van der Waals surface area contributed by atoms with Crippen molar-refractivity contribution in [3.8, 4) is 5.75 Å². The zero-order chi connectivity index (χ0) is 25.2. The van der Waals surface area contributed by atoms with E-state index in [1.165, 1.54) is 11.4 Å². The third-order valence-corrected chi connectivity index (χ3v) is 7.15. The van der Waals surface area contributed by atoms with E-state index in [0.717, 1.165) is 33.7 Å². The molecule has 0 atom stereocenters. The quantitative estimate of drug-likeness (QED) is 0.363. The van der Waals surface area contributed by atoms with Gasteiger partial charge in [0.2, 0.25) is 10.0 Å². The van der Waals surface area contributed by atoms with Crippen LogP contribution >= 0.6 is 0 Å². The van der Waals surface area contributed by atoms with Gasteiger partial charge in [0.05, 0.1) is 11.9 Å². The molecule has 0 aliphatic carbocycles. The Hall–Kier alpha value is -3.84. The Morgan fingerprint density at radius 1 is 0.914 bits per heavy atom. The van der Waals surface area contributed by atoms with Crippen molar-refractivity contribution in [3.63, 3.8) is 0 Å². The van der Waals surface area contributed by atoms with Crippen LogP contribution in [0.5, 0.6) is 5.75 Å². The third kappa shape index (κ3) is 5.63. The number of fused-ring (bicyclic) bond motifs is 1. The molecule has 180 valence electrons. The number of hydrogen-bond donors (Lipinski definition) is 1. The first-order valence-electron chi connectivity index (χ1n) is 11.2. The van der Waals surface area contributed by atoms with E-state index in [0.29, 0.717) is 22.7 Å². The van der Waals surface area contributed by atoms with Gasteiger partial charge in [-0.25, -0.2) is 8.42 Å². The number of amides is 1. The topological polar surface area (TPSA) is 75.7 Å². The normalized spacial score (nSPS) is 11.3. The van der Waals surface area contributed by atoms with Gasteiger partial charge < -0.3 is 10.1 Å². The smallest absolute Gasteiger partial charge is 0.255 e. The molecular formula is C28H28N2O4S. The lowest BCUT2D eigenvalue weighted by atomic mass is 10.1. The van der Waals surface area contributed by atoms with Crippen LogP contribution in [0.2, 0.25) is 0 Å². The molecule has 0 heterocycles. The summed E-state index contributed by atoms with van der Waals surface area (Å²) in [6.07, 6.45) is 1.14. The molecule has 0 radical (unpaired) electrons. The number of anilines is 2. The van der Waals surface area contributed by atoms with Crippen LogP contribution in [0.15, 0.2) is 78.9 Å². The second kappa shape index (κ2) is 9.80. The van der Waals surface area contributed by atoms with Crippen molar-refractivity contribution in [2.45, 2.75) is 20.5 Å². The summed E-state index contributed by atoms with van der Waals surface area (Å²) >= 11 is 0. The number of aryl methyl sites for hydroxylation is 2. The van der Waals surface area contributed by atoms with Crippen LogP contribution in [-0.2, 0) is 16.6 Å². The van der Waals surface area contributed by atoms with Crippen LogP contribution in [0.4, 0.5) is 11.4 Å². The first-order chi connectivity index (χ1) is 16.6. The molecule has 0 saturated heterocycles. The van der Waals surface area contributed by atoms with Gasteiger partial charge in [-0.1, -0.05) is 54.1 Å². The molecule has 4 aromatic rings. The average molecular weight is 489 g/mol. The SMILES string of the molecule is Cc1ccc(C)c(COc2cc(NC(=O)c3ccc4ccccc4c3)ccc2N(C)S(C)(=O)=O)c1. The number of sulfonamides is 1. The van der Waals surface area contributed by atoms with E-state index >= 15 is 0 Å². The highest BCUT2D eigenvalue weighted by Gasteiger charge is 2.18. The van der Waals surface area contributed by atoms with Gasteiger partial charge in [0, 0.05) is 24.4 Å². The summed E-state index contributed by atoms with van der Waals surface area (Å²) in [5.41, 5.74) is 4.61. The highest BCUT2D eigenvalue weighted by molar-refractivity contribution is 7.92. The largest absolute Gasteiger partial charge is 0.487 e. The van der Waals surface area contributed by atoms with Crippen molar-refractivity contribution in [3.05, 3.63) is 101 Å². The monoisotopic (exact) mass is 488 g/mol. The fraction of sp³-hybridized carbons (Fsp3) is 0.179. The summed E-state index contributed by atoms with van der Waals surface area (Å²) in [4.78, 5) is 13.0. The van der Waals surface area contributed by atoms with Crippen molar-refractivity contribution >= 4 is 38.1 Å². The summed E-state index contributed by atoms with van der Waals surface area (Å²) in [6, 6.07) is 24.4. The summed E-state index contributed by atoms with van der Waals surface area (Å²) < 4.78 is 31.7. The lowest BCUT2D eigenvalue weighted by Crippen LogP contribution is -2.25. The first-order valence-corrected chi connectivity index (χ1v) is 13.0. The maximum absolute atomic E-state index is 13.0. The zero-order valence-electron chi connectivity index (χ0n) is 20.2. The molecule has 7 heteroatoms. The van der Waals surface area contributed by atoms with Crippen LogP contribution in [-0.4, -0.2) is 27.6 Å². The maximum atomic E-state index is 13.0. The van der Waals surface area contributed by atoms with Gasteiger partial charge >= 0.3 is 0 Å². The average Bonchev–Trinajstić information content (AvgIpc) is 2.83. The molecule has 4 rings (SSSR count). The fourth-order valence-electron chi connectivity index (χ4n) is 3.79. The van der Waals surface area contributed by atoms with Gasteiger partial charge in [-0.05, 0) is 60.0 Å². The molecule has 0 unspecified atom stereocenters. The Bertz CT molecular complexity index is 1510. The number of benzene rings is 4. The molecule has 1 N–H and O–H groups in total. The predicted octanol–water partition coefficient (Wildman–Crippen LogP) is 5.68. The van der Waals surface area contributed by atoms with E-state index in [-0.39, 0.29) is 12.5 Å². The van der Waals surface area contributed by atoms with E-state index in [9.17, 15) is 13.2 Å². The second-order valence-electron chi connectivity index (χ2n) is 8.65. The van der Waals surface area contributed by atoms with E-state index in [1.54, 1.807) is 24.3 Å². The highest BCUT2D eigenvalue weighted by Crippen LogP contribution is 2.33. The fourth-order valence-corrected chi connectivity index (χ4v) is 4.30. The summed E-state index contributed by atoms with van der Waals surface area (Å²) in [7, 11) is -2.03. The van der Waals surface area contributed by atoms with Crippen LogP contribution in [0.3, 0.4) is 0 Å². The molecule has 0 saturated carbocycles. The molecule has 0 fully saturated rings. The van der Waals surface area contributed by atoms with Crippen molar-refractivity contribution in [2.75, 3.05) is 22.9 Å². The van der Waals surface area contributed by atoms with E-state index < -0.39 is 10.0 Å². The Morgan fingerprint density at radius 3 is 2.40 bits per heavy atom. The van der Waals surface area contributed by atoms with E-state index in [4.69, 9.17) is 4.74 Å². The number of carbonyl (C=O) groups excluding carboxylic acids is 1. The molecular weight excluding hydrogens is 460 g/mol. The molecule has 0 aliphatic rings. The minimum atomic E-state index is -3.51. The number of hydrogen-bond acceptors (Lipinski definition) is 4. The minimum absolute atomic E-state index is 0.263. The Morgan fingerprint density at radius 2 is 1.66 bits per heavy atom. The zero-order valence-corrected chi connectivity index (χ0v) is 21.0. The predicted molar refractivity (Wildman–Crippen MR) is 142 cm³/mol. The van der Waals surface area contributed by atoms with Gasteiger partial charge in [0.15, 0.2) is 0 Å². The van der Waals surface area contributed by atoms with E-state index in [2.05, 4.69) is 5.32 Å². The summed E-state index contributed by atoms with van der Waals surface area (Å²) in [5, 5.41) is 4.93. The lowest BCUT2D eigenvalue weighted by Gasteiger charge is -2.21. The van der Waals surface area contributed by atoms with Crippen LogP contribution in [0, 0.1) is 13.8 Å². The van der Waals surface area contributed by atoms with Gasteiger partial charge in [-0.3, -0.25) is 9.10 Å². The molecule has 6 nitrogen and oxygen atoms in total. The maximum Gasteiger partial charge on any atom is 0.255 e. The Kier molecular flexibility index (Phi) is 6.80. The lowest BCUT2D eigenvalue weighted by molar-refractivity contribution is 0.102. The standard InChI is InChI=1S/C28H28N2O4S/c1-19-9-10-20(2)24(15-19)18-34-27-17-25(13-14-26(27)30(3)35(4,32)33)29-28(31)23-12-11-21-7-5-6-8-22(21)16-23/h5-17H,18H2,1-4H3,(H,29,31). The van der Waals surface area contributed by atoms with Crippen molar-refractivity contribution in [1.82, 2.24) is 0 Å². The molecule has 1 amide bonds. The number of nitrogens with zero attached hydrogens (tertiary/aromatic N) is 1. The van der Waals surface area contributed by atoms with Crippen molar-refractivity contribution in [2.24, 2.45) is 0 Å². The van der Waals surface area contributed by atoms with Crippen LogP contribution in [0.25, 0.3) is 10.8 Å². The molecule has 35 heavy (non-hydrogen) atoms. The third-order valence-electron chi connectivity index (χ3n) is 5.95. The number of ether oxygens (including phenoxy) is 1. The minimum Gasteiger partial charge on any atom is -0.487 e. The van der Waals surface area contributed by atoms with Gasteiger partial charge in [0.1, 0.15) is 12.4 Å². The van der Waals surface area contributed by atoms with Gasteiger partial charge in [-0.2, -0.15) is 0 Å². The molecule has 0 spiro atoms. The number of carbonyl (C=O) groups is 1. The Labute approximate surface area is 206 Å². The van der Waals surface area contributed by atoms with Gasteiger partial charge in [0.25, 0.3) is 5.91 Å². The Balaban J connectivity index is 1.63. The molecule has 0 bridgehead atoms. The van der Waals surface area contributed by atoms with E-state index in [1.807, 2.05) is 68.4 Å². The number of rotatable bonds is 7. The summed E-state index contributed by atoms with van der Waals surface area (Å²) in [5.74, 6) is 0.0931. The van der Waals surface area contributed by atoms with Crippen LogP contribution < -0.4 is 14.4 Å². The second-order valence-corrected chi connectivity index (χ2v) is 10.7. The van der Waals surface area contributed by atoms with Crippen molar-refractivity contribution < 1.29 is 17.9 Å². The van der Waals surface area contributed by atoms with Crippen LogP contribution in [0.1, 0.15) is 27.0 Å². The molecule has 0 aliphatic heterocycles. The molecule has 4 aromatic carbocycles. The molecule has 0 aromatic heterocycles. The van der Waals surface area contributed by atoms with Crippen molar-refractivity contribution in [1.29, 1.82) is 0 Å². The van der Waals surface area contributed by atoms with Gasteiger partial charge in [-0.15, -0.1) is 0 Å². The summed E-state index contributed by atoms with van der Waals surface area (Å²) in [6.45, 7) is 4.27. The first kappa shape index (κ1) is 24.3.